The van der Waals surface area contributed by atoms with Crippen molar-refractivity contribution in [3.8, 4) is 0 Å². The first-order chi connectivity index (χ1) is 10.2. The molecule has 1 fully saturated rings. The third-order valence-electron chi connectivity index (χ3n) is 4.54. The van der Waals surface area contributed by atoms with Crippen LogP contribution in [0.15, 0.2) is 0 Å². The number of carbonyl (C=O) groups is 3. The number of aliphatic hydroxyl groups is 1. The van der Waals surface area contributed by atoms with Crippen molar-refractivity contribution in [3.05, 3.63) is 0 Å². The summed E-state index contributed by atoms with van der Waals surface area (Å²) in [6.07, 6.45) is 0.882. The zero-order valence-corrected chi connectivity index (χ0v) is 14.2. The average Bonchev–Trinajstić information content (AvgIpc) is 2.45. The van der Waals surface area contributed by atoms with Gasteiger partial charge in [-0.3, -0.25) is 14.4 Å². The highest BCUT2D eigenvalue weighted by atomic mass is 16.3. The van der Waals surface area contributed by atoms with E-state index in [1.54, 1.807) is 28.2 Å². The van der Waals surface area contributed by atoms with Crippen molar-refractivity contribution in [2.24, 2.45) is 17.8 Å². The topological polar surface area (TPSA) is 77.9 Å². The molecule has 0 aromatic rings. The second-order valence-corrected chi connectivity index (χ2v) is 6.67. The van der Waals surface area contributed by atoms with Crippen LogP contribution in [0.4, 0.5) is 0 Å². The molecule has 0 radical (unpaired) electrons. The number of hydrogen-bond donors (Lipinski definition) is 1. The highest BCUT2D eigenvalue weighted by Gasteiger charge is 2.41. The minimum absolute atomic E-state index is 0.0614. The van der Waals surface area contributed by atoms with E-state index in [2.05, 4.69) is 0 Å². The lowest BCUT2D eigenvalue weighted by Crippen LogP contribution is -2.46. The SMILES string of the molecule is CC1CCC(C(CCC(=O)N(C)C)C(=O)N(C)C)C(=O)C1O. The minimum atomic E-state index is -0.999. The highest BCUT2D eigenvalue weighted by molar-refractivity contribution is 5.92. The van der Waals surface area contributed by atoms with Crippen molar-refractivity contribution in [1.82, 2.24) is 9.80 Å². The van der Waals surface area contributed by atoms with Gasteiger partial charge in [-0.2, -0.15) is 0 Å². The Labute approximate surface area is 132 Å². The van der Waals surface area contributed by atoms with Gasteiger partial charge in [0.1, 0.15) is 6.10 Å². The van der Waals surface area contributed by atoms with Crippen molar-refractivity contribution < 1.29 is 19.5 Å². The second-order valence-electron chi connectivity index (χ2n) is 6.67. The standard InChI is InChI=1S/C16H28N2O4/c1-10-6-7-11(15(21)14(10)20)12(16(22)18(4)5)8-9-13(19)17(2)3/h10-12,14,20H,6-9H2,1-5H3. The summed E-state index contributed by atoms with van der Waals surface area (Å²) in [6, 6.07) is 0. The lowest BCUT2D eigenvalue weighted by atomic mass is 9.72. The molecule has 4 atom stereocenters. The van der Waals surface area contributed by atoms with Crippen LogP contribution in [-0.2, 0) is 14.4 Å². The summed E-state index contributed by atoms with van der Waals surface area (Å²) in [4.78, 5) is 39.5. The first kappa shape index (κ1) is 18.6. The highest BCUT2D eigenvalue weighted by Crippen LogP contribution is 2.34. The molecule has 22 heavy (non-hydrogen) atoms. The third kappa shape index (κ3) is 4.29. The van der Waals surface area contributed by atoms with Crippen LogP contribution in [0.3, 0.4) is 0 Å². The Morgan fingerprint density at radius 1 is 1.18 bits per heavy atom. The molecule has 0 aliphatic heterocycles. The van der Waals surface area contributed by atoms with Crippen LogP contribution in [0.25, 0.3) is 0 Å². The van der Waals surface area contributed by atoms with E-state index in [0.29, 0.717) is 12.8 Å². The molecule has 1 rings (SSSR count). The molecular formula is C16H28N2O4. The Morgan fingerprint density at radius 2 is 1.77 bits per heavy atom. The summed E-state index contributed by atoms with van der Waals surface area (Å²) in [6.45, 7) is 1.84. The average molecular weight is 312 g/mol. The van der Waals surface area contributed by atoms with E-state index in [0.717, 1.165) is 6.42 Å². The molecule has 0 saturated heterocycles. The molecule has 6 nitrogen and oxygen atoms in total. The van der Waals surface area contributed by atoms with Crippen molar-refractivity contribution >= 4 is 17.6 Å². The molecule has 1 aliphatic rings. The molecule has 6 heteroatoms. The Bertz CT molecular complexity index is 434. The van der Waals surface area contributed by atoms with Gasteiger partial charge in [0, 0.05) is 46.4 Å². The number of aliphatic hydroxyl groups excluding tert-OH is 1. The van der Waals surface area contributed by atoms with Gasteiger partial charge in [-0.25, -0.2) is 0 Å². The van der Waals surface area contributed by atoms with Crippen LogP contribution in [-0.4, -0.2) is 66.8 Å². The minimum Gasteiger partial charge on any atom is -0.385 e. The van der Waals surface area contributed by atoms with Gasteiger partial charge in [0.05, 0.1) is 0 Å². The van der Waals surface area contributed by atoms with Crippen molar-refractivity contribution in [3.63, 3.8) is 0 Å². The van der Waals surface area contributed by atoms with Gasteiger partial charge in [0.2, 0.25) is 11.8 Å². The number of amides is 2. The molecule has 1 N–H and O–H groups in total. The van der Waals surface area contributed by atoms with Crippen LogP contribution in [0.5, 0.6) is 0 Å². The molecule has 1 aliphatic carbocycles. The Hall–Kier alpha value is -1.43. The van der Waals surface area contributed by atoms with E-state index in [9.17, 15) is 19.5 Å². The van der Waals surface area contributed by atoms with Gasteiger partial charge in [0.15, 0.2) is 5.78 Å². The van der Waals surface area contributed by atoms with Crippen LogP contribution in [0, 0.1) is 17.8 Å². The van der Waals surface area contributed by atoms with Gasteiger partial charge < -0.3 is 14.9 Å². The maximum atomic E-state index is 12.4. The Morgan fingerprint density at radius 3 is 2.27 bits per heavy atom. The number of rotatable bonds is 5. The van der Waals surface area contributed by atoms with Gasteiger partial charge in [-0.15, -0.1) is 0 Å². The van der Waals surface area contributed by atoms with E-state index in [-0.39, 0.29) is 29.9 Å². The molecule has 0 aromatic heterocycles. The number of carbonyl (C=O) groups excluding carboxylic acids is 3. The Balaban J connectivity index is 2.88. The molecule has 1 saturated carbocycles. The number of hydrogen-bond acceptors (Lipinski definition) is 4. The van der Waals surface area contributed by atoms with E-state index < -0.39 is 17.9 Å². The van der Waals surface area contributed by atoms with Gasteiger partial charge in [0.25, 0.3) is 0 Å². The van der Waals surface area contributed by atoms with Crippen molar-refractivity contribution in [1.29, 1.82) is 0 Å². The first-order valence-electron chi connectivity index (χ1n) is 7.79. The van der Waals surface area contributed by atoms with Gasteiger partial charge in [-0.05, 0) is 25.2 Å². The number of Topliss-reactive ketones (excluding diaryl/α,β-unsaturated/α-hetero) is 1. The maximum absolute atomic E-state index is 12.4. The van der Waals surface area contributed by atoms with E-state index in [1.807, 2.05) is 6.92 Å². The normalized spacial score (nSPS) is 26.5. The van der Waals surface area contributed by atoms with Gasteiger partial charge in [-0.1, -0.05) is 6.92 Å². The van der Waals surface area contributed by atoms with Crippen molar-refractivity contribution in [2.45, 2.75) is 38.7 Å². The summed E-state index contributed by atoms with van der Waals surface area (Å²) < 4.78 is 0. The fourth-order valence-electron chi connectivity index (χ4n) is 2.97. The Kier molecular flexibility index (Phi) is 6.53. The second kappa shape index (κ2) is 7.72. The monoisotopic (exact) mass is 312 g/mol. The van der Waals surface area contributed by atoms with Crippen LogP contribution >= 0.6 is 0 Å². The predicted octanol–water partition coefficient (Wildman–Crippen LogP) is 0.535. The third-order valence-corrected chi connectivity index (χ3v) is 4.54. The summed E-state index contributed by atoms with van der Waals surface area (Å²) >= 11 is 0. The summed E-state index contributed by atoms with van der Waals surface area (Å²) in [5.41, 5.74) is 0. The summed E-state index contributed by atoms with van der Waals surface area (Å²) in [5, 5.41) is 10.0. The lowest BCUT2D eigenvalue weighted by Gasteiger charge is -2.35. The van der Waals surface area contributed by atoms with Crippen LogP contribution in [0.2, 0.25) is 0 Å². The van der Waals surface area contributed by atoms with E-state index in [1.165, 1.54) is 9.80 Å². The van der Waals surface area contributed by atoms with E-state index >= 15 is 0 Å². The molecule has 2 amide bonds. The van der Waals surface area contributed by atoms with E-state index in [4.69, 9.17) is 0 Å². The predicted molar refractivity (Wildman–Crippen MR) is 83.0 cm³/mol. The lowest BCUT2D eigenvalue weighted by molar-refractivity contribution is -0.147. The molecule has 0 bridgehead atoms. The summed E-state index contributed by atoms with van der Waals surface area (Å²) in [5.74, 6) is -1.55. The number of nitrogens with zero attached hydrogens (tertiary/aromatic N) is 2. The smallest absolute Gasteiger partial charge is 0.225 e. The largest absolute Gasteiger partial charge is 0.385 e. The quantitative estimate of drug-likeness (QED) is 0.803. The summed E-state index contributed by atoms with van der Waals surface area (Å²) in [7, 11) is 6.63. The number of ketones is 1. The fraction of sp³-hybridized carbons (Fsp3) is 0.812. The fourth-order valence-corrected chi connectivity index (χ4v) is 2.97. The maximum Gasteiger partial charge on any atom is 0.225 e. The molecule has 0 aromatic carbocycles. The van der Waals surface area contributed by atoms with Crippen LogP contribution in [0.1, 0.15) is 32.6 Å². The van der Waals surface area contributed by atoms with Crippen LogP contribution < -0.4 is 0 Å². The molecule has 4 unspecified atom stereocenters. The zero-order valence-electron chi connectivity index (χ0n) is 14.2. The molecular weight excluding hydrogens is 284 g/mol. The molecule has 126 valence electrons. The first-order valence-corrected chi connectivity index (χ1v) is 7.79. The zero-order chi connectivity index (χ0) is 17.0. The van der Waals surface area contributed by atoms with Gasteiger partial charge >= 0.3 is 0 Å². The van der Waals surface area contributed by atoms with Crippen molar-refractivity contribution in [2.75, 3.05) is 28.2 Å². The molecule has 0 spiro atoms. The molecule has 0 heterocycles.